The van der Waals surface area contributed by atoms with Crippen LogP contribution in [0.2, 0.25) is 0 Å². The molecule has 94 valence electrons. The zero-order valence-electron chi connectivity index (χ0n) is 10.7. The highest BCUT2D eigenvalue weighted by Crippen LogP contribution is 2.19. The van der Waals surface area contributed by atoms with Crippen LogP contribution in [0.25, 0.3) is 0 Å². The Morgan fingerprint density at radius 2 is 1.94 bits per heavy atom. The fourth-order valence-corrected chi connectivity index (χ4v) is 2.76. The van der Waals surface area contributed by atoms with Gasteiger partial charge in [0, 0.05) is 13.1 Å². The van der Waals surface area contributed by atoms with E-state index in [0.717, 1.165) is 17.0 Å². The Labute approximate surface area is 112 Å². The summed E-state index contributed by atoms with van der Waals surface area (Å²) in [6.45, 7) is 5.41. The Bertz CT molecular complexity index is 518. The summed E-state index contributed by atoms with van der Waals surface area (Å²) in [5.41, 5.74) is 2.23. The third kappa shape index (κ3) is 2.79. The molecule has 3 heteroatoms. The van der Waals surface area contributed by atoms with Crippen molar-refractivity contribution >= 4 is 17.2 Å². The zero-order chi connectivity index (χ0) is 13.0. The van der Waals surface area contributed by atoms with Gasteiger partial charge in [-0.05, 0) is 36.4 Å². The van der Waals surface area contributed by atoms with Gasteiger partial charge in [0.15, 0.2) is 0 Å². The van der Waals surface area contributed by atoms with Crippen molar-refractivity contribution < 1.29 is 4.79 Å². The molecule has 0 bridgehead atoms. The van der Waals surface area contributed by atoms with E-state index >= 15 is 0 Å². The predicted octanol–water partition coefficient (Wildman–Crippen LogP) is 3.72. The molecule has 0 saturated carbocycles. The molecule has 0 spiro atoms. The molecule has 1 aromatic heterocycles. The second-order valence-corrected chi connectivity index (χ2v) is 5.15. The van der Waals surface area contributed by atoms with E-state index in [9.17, 15) is 4.79 Å². The molecule has 0 fully saturated rings. The molecule has 0 aliphatic carbocycles. The second kappa shape index (κ2) is 5.83. The van der Waals surface area contributed by atoms with Gasteiger partial charge in [0.25, 0.3) is 5.91 Å². The van der Waals surface area contributed by atoms with E-state index in [1.807, 2.05) is 48.4 Å². The Kier molecular flexibility index (Phi) is 4.15. The van der Waals surface area contributed by atoms with Crippen molar-refractivity contribution in [2.75, 3.05) is 6.54 Å². The van der Waals surface area contributed by atoms with Crippen LogP contribution in [0, 0.1) is 6.92 Å². The van der Waals surface area contributed by atoms with Gasteiger partial charge in [-0.1, -0.05) is 30.3 Å². The van der Waals surface area contributed by atoms with Gasteiger partial charge in [-0.2, -0.15) is 0 Å². The summed E-state index contributed by atoms with van der Waals surface area (Å²) in [4.78, 5) is 15.1. The first-order valence-corrected chi connectivity index (χ1v) is 6.97. The molecule has 2 aromatic rings. The Morgan fingerprint density at radius 1 is 1.22 bits per heavy atom. The molecule has 0 radical (unpaired) electrons. The molecule has 1 heterocycles. The maximum Gasteiger partial charge on any atom is 0.264 e. The van der Waals surface area contributed by atoms with E-state index in [4.69, 9.17) is 0 Å². The molecule has 1 amide bonds. The lowest BCUT2D eigenvalue weighted by Crippen LogP contribution is -2.30. The van der Waals surface area contributed by atoms with Crippen LogP contribution in [-0.4, -0.2) is 17.4 Å². The number of thiophene rings is 1. The van der Waals surface area contributed by atoms with Crippen LogP contribution in [0.1, 0.15) is 27.7 Å². The quantitative estimate of drug-likeness (QED) is 0.819. The van der Waals surface area contributed by atoms with Crippen LogP contribution in [-0.2, 0) is 6.54 Å². The standard InChI is InChI=1S/C15H17NOS/c1-3-16(11-13-7-5-4-6-8-13)15(17)14-12(2)9-10-18-14/h4-10H,3,11H2,1-2H3. The third-order valence-corrected chi connectivity index (χ3v) is 3.95. The molecule has 2 rings (SSSR count). The van der Waals surface area contributed by atoms with Crippen molar-refractivity contribution in [1.82, 2.24) is 4.90 Å². The number of benzene rings is 1. The third-order valence-electron chi connectivity index (χ3n) is 2.94. The lowest BCUT2D eigenvalue weighted by Gasteiger charge is -2.20. The van der Waals surface area contributed by atoms with E-state index in [1.165, 1.54) is 16.9 Å². The van der Waals surface area contributed by atoms with Crippen LogP contribution >= 0.6 is 11.3 Å². The second-order valence-electron chi connectivity index (χ2n) is 4.24. The fraction of sp³-hybridized carbons (Fsp3) is 0.267. The predicted molar refractivity (Wildman–Crippen MR) is 75.9 cm³/mol. The minimum atomic E-state index is 0.133. The summed E-state index contributed by atoms with van der Waals surface area (Å²) in [6, 6.07) is 12.1. The summed E-state index contributed by atoms with van der Waals surface area (Å²) in [6.07, 6.45) is 0. The summed E-state index contributed by atoms with van der Waals surface area (Å²) >= 11 is 1.52. The molecule has 0 atom stereocenters. The van der Waals surface area contributed by atoms with Gasteiger partial charge in [0.1, 0.15) is 0 Å². The number of rotatable bonds is 4. The molecule has 2 nitrogen and oxygen atoms in total. The molecule has 0 aliphatic heterocycles. The van der Waals surface area contributed by atoms with E-state index in [2.05, 4.69) is 12.1 Å². The van der Waals surface area contributed by atoms with Crippen molar-refractivity contribution in [1.29, 1.82) is 0 Å². The van der Waals surface area contributed by atoms with Crippen molar-refractivity contribution in [3.05, 3.63) is 57.8 Å². The summed E-state index contributed by atoms with van der Waals surface area (Å²) in [5, 5.41) is 1.97. The number of amides is 1. The van der Waals surface area contributed by atoms with E-state index in [-0.39, 0.29) is 5.91 Å². The highest BCUT2D eigenvalue weighted by molar-refractivity contribution is 7.12. The molecular formula is C15H17NOS. The van der Waals surface area contributed by atoms with Crippen LogP contribution < -0.4 is 0 Å². The van der Waals surface area contributed by atoms with Gasteiger partial charge in [0.05, 0.1) is 4.88 Å². The largest absolute Gasteiger partial charge is 0.334 e. The lowest BCUT2D eigenvalue weighted by molar-refractivity contribution is 0.0757. The molecule has 18 heavy (non-hydrogen) atoms. The number of carbonyl (C=O) groups is 1. The van der Waals surface area contributed by atoms with Gasteiger partial charge in [0.2, 0.25) is 0 Å². The van der Waals surface area contributed by atoms with Crippen LogP contribution in [0.3, 0.4) is 0 Å². The van der Waals surface area contributed by atoms with Crippen LogP contribution in [0.4, 0.5) is 0 Å². The van der Waals surface area contributed by atoms with E-state index in [1.54, 1.807) is 0 Å². The van der Waals surface area contributed by atoms with Crippen LogP contribution in [0.5, 0.6) is 0 Å². The summed E-state index contributed by atoms with van der Waals surface area (Å²) in [5.74, 6) is 0.133. The zero-order valence-corrected chi connectivity index (χ0v) is 11.5. The number of nitrogens with zero attached hydrogens (tertiary/aromatic N) is 1. The molecule has 0 unspecified atom stereocenters. The molecule has 0 N–H and O–H groups in total. The first-order chi connectivity index (χ1) is 8.72. The first kappa shape index (κ1) is 12.8. The highest BCUT2D eigenvalue weighted by Gasteiger charge is 2.17. The average Bonchev–Trinajstić information content (AvgIpc) is 2.82. The van der Waals surface area contributed by atoms with Crippen molar-refractivity contribution in [2.24, 2.45) is 0 Å². The van der Waals surface area contributed by atoms with Crippen molar-refractivity contribution in [3.8, 4) is 0 Å². The summed E-state index contributed by atoms with van der Waals surface area (Å²) in [7, 11) is 0. The van der Waals surface area contributed by atoms with Gasteiger partial charge >= 0.3 is 0 Å². The van der Waals surface area contributed by atoms with Gasteiger partial charge in [-0.25, -0.2) is 0 Å². The van der Waals surface area contributed by atoms with Gasteiger partial charge in [-0.15, -0.1) is 11.3 Å². The van der Waals surface area contributed by atoms with Crippen LogP contribution in [0.15, 0.2) is 41.8 Å². The Hall–Kier alpha value is -1.61. The summed E-state index contributed by atoms with van der Waals surface area (Å²) < 4.78 is 0. The normalized spacial score (nSPS) is 10.3. The SMILES string of the molecule is CCN(Cc1ccccc1)C(=O)c1sccc1C. The maximum absolute atomic E-state index is 12.4. The molecule has 0 saturated heterocycles. The number of carbonyl (C=O) groups excluding carboxylic acids is 1. The van der Waals surface area contributed by atoms with Gasteiger partial charge < -0.3 is 4.90 Å². The smallest absolute Gasteiger partial charge is 0.264 e. The fourth-order valence-electron chi connectivity index (χ4n) is 1.87. The number of aryl methyl sites for hydroxylation is 1. The minimum absolute atomic E-state index is 0.133. The lowest BCUT2D eigenvalue weighted by atomic mass is 10.2. The molecule has 1 aromatic carbocycles. The molecule has 0 aliphatic rings. The van der Waals surface area contributed by atoms with Crippen molar-refractivity contribution in [2.45, 2.75) is 20.4 Å². The molecular weight excluding hydrogens is 242 g/mol. The highest BCUT2D eigenvalue weighted by atomic mass is 32.1. The minimum Gasteiger partial charge on any atom is -0.334 e. The van der Waals surface area contributed by atoms with E-state index < -0.39 is 0 Å². The van der Waals surface area contributed by atoms with E-state index in [0.29, 0.717) is 6.54 Å². The Balaban J connectivity index is 2.15. The number of hydrogen-bond acceptors (Lipinski definition) is 2. The maximum atomic E-state index is 12.4. The number of hydrogen-bond donors (Lipinski definition) is 0. The van der Waals surface area contributed by atoms with Gasteiger partial charge in [-0.3, -0.25) is 4.79 Å². The topological polar surface area (TPSA) is 20.3 Å². The average molecular weight is 259 g/mol. The Morgan fingerprint density at radius 3 is 2.50 bits per heavy atom. The first-order valence-electron chi connectivity index (χ1n) is 6.09. The monoisotopic (exact) mass is 259 g/mol. The van der Waals surface area contributed by atoms with Crippen molar-refractivity contribution in [3.63, 3.8) is 0 Å².